The molecule has 2 fully saturated rings. The lowest BCUT2D eigenvalue weighted by Gasteiger charge is -2.33. The van der Waals surface area contributed by atoms with Gasteiger partial charge in [-0.25, -0.2) is 4.39 Å². The predicted molar refractivity (Wildman–Crippen MR) is 124 cm³/mol. The lowest BCUT2D eigenvalue weighted by molar-refractivity contribution is -0.190. The summed E-state index contributed by atoms with van der Waals surface area (Å²) in [5.74, 6) is -0.718. The molecule has 7 heteroatoms. The molecule has 0 saturated heterocycles. The number of carbonyl (C=O) groups excluding carboxylic acids is 1. The highest BCUT2D eigenvalue weighted by molar-refractivity contribution is 5.84. The zero-order valence-corrected chi connectivity index (χ0v) is 20.6. The third-order valence-corrected chi connectivity index (χ3v) is 6.29. The molecule has 0 spiro atoms. The van der Waals surface area contributed by atoms with Crippen LogP contribution in [0.15, 0.2) is 17.1 Å². The van der Waals surface area contributed by atoms with Gasteiger partial charge in [-0.15, -0.1) is 0 Å². The average Bonchev–Trinajstić information content (AvgIpc) is 3.51. The fourth-order valence-electron chi connectivity index (χ4n) is 3.31. The maximum Gasteiger partial charge on any atom is 0.394 e. The number of aliphatic imine (C=N–C) groups is 1. The van der Waals surface area contributed by atoms with Crippen LogP contribution in [0, 0.1) is 34.9 Å². The average molecular weight is 469 g/mol. The SMILES string of the molecule is CC1(C)CCC1.CCC(=O)CC1(C(F)(F)F)CC1.CCC(C)=Nc1c(C)cc(C#N)cc1F. The van der Waals surface area contributed by atoms with E-state index in [0.717, 1.165) is 17.5 Å². The van der Waals surface area contributed by atoms with Gasteiger partial charge in [-0.2, -0.15) is 18.4 Å². The topological polar surface area (TPSA) is 53.2 Å². The molecule has 0 amide bonds. The minimum absolute atomic E-state index is 0.127. The van der Waals surface area contributed by atoms with Crippen LogP contribution in [0.2, 0.25) is 0 Å². The Balaban J connectivity index is 0.000000268. The van der Waals surface area contributed by atoms with Crippen LogP contribution < -0.4 is 0 Å². The van der Waals surface area contributed by atoms with Gasteiger partial charge in [-0.1, -0.05) is 34.1 Å². The number of aryl methyl sites for hydroxylation is 1. The maximum atomic E-state index is 13.5. The summed E-state index contributed by atoms with van der Waals surface area (Å²) in [6.07, 6.45) is 1.12. The van der Waals surface area contributed by atoms with Gasteiger partial charge in [0.25, 0.3) is 0 Å². The number of carbonyl (C=O) groups is 1. The monoisotopic (exact) mass is 468 g/mol. The van der Waals surface area contributed by atoms with E-state index in [0.29, 0.717) is 16.8 Å². The molecule has 1 aromatic rings. The summed E-state index contributed by atoms with van der Waals surface area (Å²) in [5, 5.41) is 8.65. The number of benzene rings is 1. The Kier molecular flexibility index (Phi) is 10.3. The molecule has 2 aliphatic carbocycles. The Hall–Kier alpha value is -2.23. The van der Waals surface area contributed by atoms with Gasteiger partial charge < -0.3 is 0 Å². The summed E-state index contributed by atoms with van der Waals surface area (Å²) in [6.45, 7) is 11.8. The fourth-order valence-corrected chi connectivity index (χ4v) is 3.31. The first-order chi connectivity index (χ1) is 15.2. The van der Waals surface area contributed by atoms with Gasteiger partial charge in [0.2, 0.25) is 0 Å². The molecule has 2 saturated carbocycles. The van der Waals surface area contributed by atoms with Gasteiger partial charge in [0.05, 0.1) is 17.0 Å². The summed E-state index contributed by atoms with van der Waals surface area (Å²) in [7, 11) is 0. The Morgan fingerprint density at radius 2 is 1.67 bits per heavy atom. The van der Waals surface area contributed by atoms with Crippen molar-refractivity contribution < 1.29 is 22.4 Å². The Bertz CT molecular complexity index is 862. The highest BCUT2D eigenvalue weighted by Gasteiger charge is 2.63. The molecule has 0 radical (unpaired) electrons. The predicted octanol–water partition coefficient (Wildman–Crippen LogP) is 8.40. The standard InChI is InChI=1S/C12H13FN2.C8H11F3O.C6H12/c1-4-9(3)15-12-8(2)5-10(7-14)6-11(12)13;1-2-6(12)5-7(3-4-7)8(9,10)11;1-6(2)4-3-5-6/h5-6H,4H2,1-3H3;2-5H2,1H3;3-5H2,1-2H3. The van der Waals surface area contributed by atoms with Crippen LogP contribution in [0.4, 0.5) is 23.2 Å². The molecule has 0 atom stereocenters. The molecule has 33 heavy (non-hydrogen) atoms. The second kappa shape index (κ2) is 11.8. The molecule has 0 aliphatic heterocycles. The van der Waals surface area contributed by atoms with Gasteiger partial charge in [0, 0.05) is 18.6 Å². The van der Waals surface area contributed by atoms with Crippen LogP contribution in [0.5, 0.6) is 0 Å². The van der Waals surface area contributed by atoms with Crippen LogP contribution >= 0.6 is 0 Å². The highest BCUT2D eigenvalue weighted by Crippen LogP contribution is 2.60. The number of nitrogens with zero attached hydrogens (tertiary/aromatic N) is 2. The number of rotatable bonds is 5. The lowest BCUT2D eigenvalue weighted by atomic mass is 9.72. The van der Waals surface area contributed by atoms with Gasteiger partial charge >= 0.3 is 6.18 Å². The summed E-state index contributed by atoms with van der Waals surface area (Å²) in [5.41, 5.74) is 1.33. The molecule has 0 heterocycles. The van der Waals surface area contributed by atoms with Crippen molar-refractivity contribution in [3.05, 3.63) is 29.1 Å². The number of halogens is 4. The number of hydrogen-bond donors (Lipinski definition) is 0. The third-order valence-electron chi connectivity index (χ3n) is 6.29. The Labute approximate surface area is 195 Å². The fraction of sp³-hybridized carbons (Fsp3) is 0.654. The molecule has 184 valence electrons. The summed E-state index contributed by atoms with van der Waals surface area (Å²) >= 11 is 0. The normalized spacial score (nSPS) is 17.9. The third kappa shape index (κ3) is 8.91. The van der Waals surface area contributed by atoms with E-state index in [-0.39, 0.29) is 31.5 Å². The highest BCUT2D eigenvalue weighted by atomic mass is 19.4. The van der Waals surface area contributed by atoms with Crippen molar-refractivity contribution in [2.75, 3.05) is 0 Å². The number of nitriles is 1. The van der Waals surface area contributed by atoms with Crippen LogP contribution in [-0.4, -0.2) is 17.7 Å². The number of Topliss-reactive ketones (excluding diaryl/α,β-unsaturated/α-hetero) is 1. The first kappa shape index (κ1) is 28.8. The molecule has 1 aromatic carbocycles. The molecule has 0 unspecified atom stereocenters. The molecule has 2 aliphatic rings. The van der Waals surface area contributed by atoms with Gasteiger partial charge in [-0.05, 0) is 69.1 Å². The summed E-state index contributed by atoms with van der Waals surface area (Å²) in [4.78, 5) is 15.0. The van der Waals surface area contributed by atoms with E-state index in [1.165, 1.54) is 25.3 Å². The lowest BCUT2D eigenvalue weighted by Crippen LogP contribution is -2.26. The van der Waals surface area contributed by atoms with Crippen LogP contribution in [-0.2, 0) is 4.79 Å². The largest absolute Gasteiger partial charge is 0.394 e. The van der Waals surface area contributed by atoms with Crippen molar-refractivity contribution in [3.63, 3.8) is 0 Å². The van der Waals surface area contributed by atoms with E-state index in [9.17, 15) is 22.4 Å². The number of hydrogen-bond acceptors (Lipinski definition) is 3. The van der Waals surface area contributed by atoms with Gasteiger partial charge in [0.1, 0.15) is 17.3 Å². The molecule has 0 N–H and O–H groups in total. The summed E-state index contributed by atoms with van der Waals surface area (Å²) < 4.78 is 50.3. The summed E-state index contributed by atoms with van der Waals surface area (Å²) in [6, 6.07) is 4.78. The Morgan fingerprint density at radius 1 is 1.12 bits per heavy atom. The zero-order chi connectivity index (χ0) is 25.4. The quantitative estimate of drug-likeness (QED) is 0.322. The van der Waals surface area contributed by atoms with Crippen LogP contribution in [0.25, 0.3) is 0 Å². The molecule has 0 bridgehead atoms. The molecule has 3 rings (SSSR count). The van der Waals surface area contributed by atoms with Crippen molar-refractivity contribution >= 4 is 17.2 Å². The molecular formula is C26H36F4N2O. The van der Waals surface area contributed by atoms with Crippen molar-refractivity contribution in [2.45, 2.75) is 99.1 Å². The minimum atomic E-state index is -4.18. The Morgan fingerprint density at radius 3 is 1.97 bits per heavy atom. The zero-order valence-electron chi connectivity index (χ0n) is 20.6. The van der Waals surface area contributed by atoms with E-state index in [4.69, 9.17) is 5.26 Å². The molecule has 3 nitrogen and oxygen atoms in total. The van der Waals surface area contributed by atoms with Crippen LogP contribution in [0.1, 0.15) is 97.1 Å². The van der Waals surface area contributed by atoms with E-state index in [1.807, 2.05) is 19.9 Å². The molecule has 0 aromatic heterocycles. The first-order valence-electron chi connectivity index (χ1n) is 11.5. The van der Waals surface area contributed by atoms with Crippen molar-refractivity contribution in [2.24, 2.45) is 15.8 Å². The van der Waals surface area contributed by atoms with Gasteiger partial charge in [0.15, 0.2) is 0 Å². The number of ketones is 1. The van der Waals surface area contributed by atoms with Crippen molar-refractivity contribution in [1.29, 1.82) is 5.26 Å². The number of alkyl halides is 3. The smallest absolute Gasteiger partial charge is 0.300 e. The van der Waals surface area contributed by atoms with E-state index < -0.39 is 17.4 Å². The van der Waals surface area contributed by atoms with Crippen molar-refractivity contribution in [3.8, 4) is 6.07 Å². The van der Waals surface area contributed by atoms with E-state index in [2.05, 4.69) is 18.8 Å². The van der Waals surface area contributed by atoms with E-state index in [1.54, 1.807) is 19.9 Å². The van der Waals surface area contributed by atoms with Crippen molar-refractivity contribution in [1.82, 2.24) is 0 Å². The second-order valence-electron chi connectivity index (χ2n) is 9.80. The minimum Gasteiger partial charge on any atom is -0.300 e. The maximum absolute atomic E-state index is 13.5. The second-order valence-corrected chi connectivity index (χ2v) is 9.80. The first-order valence-corrected chi connectivity index (χ1v) is 11.5. The van der Waals surface area contributed by atoms with E-state index >= 15 is 0 Å². The van der Waals surface area contributed by atoms with Gasteiger partial charge in [-0.3, -0.25) is 9.79 Å². The molecular weight excluding hydrogens is 432 g/mol. The van der Waals surface area contributed by atoms with Crippen LogP contribution in [0.3, 0.4) is 0 Å².